The molecule has 2 heterocycles. The molecule has 7 nitrogen and oxygen atoms in total. The molecule has 28 heavy (non-hydrogen) atoms. The van der Waals surface area contributed by atoms with Crippen LogP contribution in [0, 0.1) is 5.92 Å². The minimum absolute atomic E-state index is 0.201. The topological polar surface area (TPSA) is 89.0 Å². The van der Waals surface area contributed by atoms with Gasteiger partial charge in [0.1, 0.15) is 5.92 Å². The van der Waals surface area contributed by atoms with Crippen molar-refractivity contribution >= 4 is 24.1 Å². The molecule has 0 aliphatic carbocycles. The summed E-state index contributed by atoms with van der Waals surface area (Å²) < 4.78 is 10.6. The second-order valence-electron chi connectivity index (χ2n) is 6.47. The minimum atomic E-state index is -0.794. The van der Waals surface area contributed by atoms with Crippen LogP contribution in [0.4, 0.5) is 0 Å². The first-order valence-electron chi connectivity index (χ1n) is 8.94. The normalized spacial score (nSPS) is 20.6. The van der Waals surface area contributed by atoms with Crippen LogP contribution in [-0.2, 0) is 9.59 Å². The first-order valence-corrected chi connectivity index (χ1v) is 8.94. The molecule has 7 heteroatoms. The third-order valence-corrected chi connectivity index (χ3v) is 4.71. The number of carbonyl (C=O) groups excluding carboxylic acids is 2. The fourth-order valence-electron chi connectivity index (χ4n) is 3.32. The van der Waals surface area contributed by atoms with Crippen LogP contribution >= 0.6 is 0 Å². The maximum atomic E-state index is 12.5. The van der Waals surface area contributed by atoms with Gasteiger partial charge in [0.2, 0.25) is 12.7 Å². The number of ether oxygens (including phenoxy) is 2. The Morgan fingerprint density at radius 3 is 2.82 bits per heavy atom. The summed E-state index contributed by atoms with van der Waals surface area (Å²) >= 11 is 0. The molecule has 2 aliphatic heterocycles. The molecule has 1 saturated heterocycles. The summed E-state index contributed by atoms with van der Waals surface area (Å²) in [6.07, 6.45) is 4.99. The van der Waals surface area contributed by atoms with Crippen LogP contribution in [0.5, 0.6) is 11.5 Å². The molecule has 2 N–H and O–H groups in total. The van der Waals surface area contributed by atoms with Gasteiger partial charge in [0.05, 0.1) is 0 Å². The Morgan fingerprint density at radius 1 is 1.14 bits per heavy atom. The van der Waals surface area contributed by atoms with E-state index in [1.807, 2.05) is 54.6 Å². The summed E-state index contributed by atoms with van der Waals surface area (Å²) in [4.78, 5) is 24.6. The van der Waals surface area contributed by atoms with E-state index in [0.29, 0.717) is 12.3 Å². The zero-order valence-corrected chi connectivity index (χ0v) is 15.0. The molecule has 142 valence electrons. The van der Waals surface area contributed by atoms with Crippen LogP contribution in [0.1, 0.15) is 17.0 Å². The summed E-state index contributed by atoms with van der Waals surface area (Å²) in [6, 6.07) is 15.1. The van der Waals surface area contributed by atoms with Crippen molar-refractivity contribution < 1.29 is 19.1 Å². The molecule has 2 aromatic rings. The van der Waals surface area contributed by atoms with E-state index in [1.54, 1.807) is 6.08 Å². The van der Waals surface area contributed by atoms with E-state index in [1.165, 1.54) is 6.21 Å². The maximum absolute atomic E-state index is 12.5. The van der Waals surface area contributed by atoms with Gasteiger partial charge in [-0.3, -0.25) is 9.59 Å². The van der Waals surface area contributed by atoms with Crippen LogP contribution < -0.4 is 20.2 Å². The SMILES string of the molecule is O=C1NCC(c2ccccc2)C1C(=O)N/N=C\C=C\c1ccc2c(c1)OCO2. The number of hydrogen-bond donors (Lipinski definition) is 2. The average Bonchev–Trinajstić information content (AvgIpc) is 3.34. The van der Waals surface area contributed by atoms with Gasteiger partial charge >= 0.3 is 0 Å². The van der Waals surface area contributed by atoms with Crippen molar-refractivity contribution in [2.45, 2.75) is 5.92 Å². The third-order valence-electron chi connectivity index (χ3n) is 4.71. The quantitative estimate of drug-likeness (QED) is 0.474. The van der Waals surface area contributed by atoms with Gasteiger partial charge in [-0.05, 0) is 29.3 Å². The first kappa shape index (κ1) is 17.8. The average molecular weight is 377 g/mol. The highest BCUT2D eigenvalue weighted by Gasteiger charge is 2.40. The molecule has 1 fully saturated rings. The second-order valence-corrected chi connectivity index (χ2v) is 6.47. The van der Waals surface area contributed by atoms with Crippen molar-refractivity contribution in [3.8, 4) is 11.5 Å². The van der Waals surface area contributed by atoms with Crippen molar-refractivity contribution in [3.63, 3.8) is 0 Å². The van der Waals surface area contributed by atoms with E-state index in [2.05, 4.69) is 15.8 Å². The number of benzene rings is 2. The van der Waals surface area contributed by atoms with E-state index in [4.69, 9.17) is 9.47 Å². The number of nitrogens with zero attached hydrogens (tertiary/aromatic N) is 1. The monoisotopic (exact) mass is 377 g/mol. The lowest BCUT2D eigenvalue weighted by atomic mass is 9.88. The van der Waals surface area contributed by atoms with E-state index < -0.39 is 11.8 Å². The van der Waals surface area contributed by atoms with Crippen molar-refractivity contribution in [2.24, 2.45) is 11.0 Å². The van der Waals surface area contributed by atoms with E-state index in [0.717, 1.165) is 16.9 Å². The van der Waals surface area contributed by atoms with Gasteiger partial charge in [-0.2, -0.15) is 5.10 Å². The lowest BCUT2D eigenvalue weighted by Gasteiger charge is -2.15. The Hall–Kier alpha value is -3.61. The van der Waals surface area contributed by atoms with Gasteiger partial charge in [-0.15, -0.1) is 0 Å². The van der Waals surface area contributed by atoms with Gasteiger partial charge in [-0.25, -0.2) is 5.43 Å². The third kappa shape index (κ3) is 3.73. The molecule has 2 unspecified atom stereocenters. The second kappa shape index (κ2) is 7.96. The molecule has 0 bridgehead atoms. The molecule has 2 amide bonds. The maximum Gasteiger partial charge on any atom is 0.253 e. The van der Waals surface area contributed by atoms with E-state index in [9.17, 15) is 9.59 Å². The zero-order valence-electron chi connectivity index (χ0n) is 15.0. The molecule has 2 aromatic carbocycles. The molecule has 2 atom stereocenters. The fourth-order valence-corrected chi connectivity index (χ4v) is 3.32. The van der Waals surface area contributed by atoms with Crippen LogP contribution in [0.2, 0.25) is 0 Å². The Labute approximate surface area is 162 Å². The Kier molecular flexibility index (Phi) is 5.05. The first-order chi connectivity index (χ1) is 13.7. The summed E-state index contributed by atoms with van der Waals surface area (Å²) in [5.74, 6) is -0.271. The van der Waals surface area contributed by atoms with Crippen LogP contribution in [0.15, 0.2) is 59.7 Å². The van der Waals surface area contributed by atoms with Crippen molar-refractivity contribution in [1.82, 2.24) is 10.7 Å². The lowest BCUT2D eigenvalue weighted by molar-refractivity contribution is -0.133. The predicted molar refractivity (Wildman–Crippen MR) is 104 cm³/mol. The Bertz CT molecular complexity index is 940. The molecular weight excluding hydrogens is 358 g/mol. The highest BCUT2D eigenvalue weighted by molar-refractivity contribution is 6.03. The minimum Gasteiger partial charge on any atom is -0.454 e. The smallest absolute Gasteiger partial charge is 0.253 e. The summed E-state index contributed by atoms with van der Waals surface area (Å²) in [5, 5.41) is 6.67. The van der Waals surface area contributed by atoms with E-state index in [-0.39, 0.29) is 18.6 Å². The van der Waals surface area contributed by atoms with Gasteiger partial charge in [0.15, 0.2) is 11.5 Å². The number of fused-ring (bicyclic) bond motifs is 1. The standard InChI is InChI=1S/C21H19N3O4/c25-20-19(16(12-22-20)15-6-2-1-3-7-15)21(26)24-23-10-4-5-14-8-9-17-18(11-14)28-13-27-17/h1-11,16,19H,12-13H2,(H,22,25)(H,24,26)/b5-4+,23-10-. The number of nitrogens with one attached hydrogen (secondary N) is 2. The number of rotatable bonds is 5. The van der Waals surface area contributed by atoms with Crippen molar-refractivity contribution in [3.05, 3.63) is 65.7 Å². The predicted octanol–water partition coefficient (Wildman–Crippen LogP) is 2.06. The summed E-state index contributed by atoms with van der Waals surface area (Å²) in [7, 11) is 0. The van der Waals surface area contributed by atoms with Gasteiger partial charge in [0.25, 0.3) is 5.91 Å². The van der Waals surface area contributed by atoms with Crippen molar-refractivity contribution in [2.75, 3.05) is 13.3 Å². The largest absolute Gasteiger partial charge is 0.454 e. The molecular formula is C21H19N3O4. The fraction of sp³-hybridized carbons (Fsp3) is 0.190. The van der Waals surface area contributed by atoms with E-state index >= 15 is 0 Å². The van der Waals surface area contributed by atoms with Gasteiger partial charge in [0, 0.05) is 18.7 Å². The number of hydrogen-bond acceptors (Lipinski definition) is 5. The highest BCUT2D eigenvalue weighted by Crippen LogP contribution is 2.32. The Morgan fingerprint density at radius 2 is 1.96 bits per heavy atom. The van der Waals surface area contributed by atoms with Gasteiger partial charge in [-0.1, -0.05) is 42.5 Å². The molecule has 0 saturated carbocycles. The number of hydrazone groups is 1. The summed E-state index contributed by atoms with van der Waals surface area (Å²) in [6.45, 7) is 0.670. The van der Waals surface area contributed by atoms with Crippen LogP contribution in [0.3, 0.4) is 0 Å². The molecule has 2 aliphatic rings. The molecule has 4 rings (SSSR count). The zero-order chi connectivity index (χ0) is 19.3. The van der Waals surface area contributed by atoms with Crippen LogP contribution in [0.25, 0.3) is 6.08 Å². The highest BCUT2D eigenvalue weighted by atomic mass is 16.7. The molecule has 0 aromatic heterocycles. The number of allylic oxidation sites excluding steroid dienone is 1. The summed E-state index contributed by atoms with van der Waals surface area (Å²) in [5.41, 5.74) is 4.33. The Balaban J connectivity index is 1.36. The van der Waals surface area contributed by atoms with Crippen molar-refractivity contribution in [1.29, 1.82) is 0 Å². The molecule has 0 spiro atoms. The number of carbonyl (C=O) groups is 2. The lowest BCUT2D eigenvalue weighted by Crippen LogP contribution is -2.34. The van der Waals surface area contributed by atoms with Crippen LogP contribution in [-0.4, -0.2) is 31.4 Å². The number of amides is 2. The molecule has 0 radical (unpaired) electrons. The van der Waals surface area contributed by atoms with Gasteiger partial charge < -0.3 is 14.8 Å².